The first-order chi connectivity index (χ1) is 15.2. The van der Waals surface area contributed by atoms with E-state index >= 15 is 0 Å². The number of hydrogen-bond acceptors (Lipinski definition) is 8. The number of carboxylic acid groups (broad SMARTS) is 1. The van der Waals surface area contributed by atoms with Gasteiger partial charge in [0.25, 0.3) is 16.0 Å². The van der Waals surface area contributed by atoms with Crippen LogP contribution in [0.4, 0.5) is 5.82 Å². The number of azo groups is 1. The molecule has 0 unspecified atom stereocenters. The molecule has 0 aliphatic rings. The van der Waals surface area contributed by atoms with Gasteiger partial charge in [0.1, 0.15) is 6.04 Å². The fraction of sp³-hybridized carbons (Fsp3) is 0.350. The molecule has 0 aliphatic carbocycles. The molecular weight excluding hydrogens is 438 g/mol. The summed E-state index contributed by atoms with van der Waals surface area (Å²) in [6, 6.07) is 8.33. The van der Waals surface area contributed by atoms with E-state index in [-0.39, 0.29) is 23.2 Å². The Kier molecular flexibility index (Phi) is 9.38. The zero-order valence-corrected chi connectivity index (χ0v) is 18.2. The molecule has 1 amide bonds. The van der Waals surface area contributed by atoms with Gasteiger partial charge in [-0.15, -0.1) is 5.11 Å². The Labute approximate surface area is 185 Å². The number of amides is 1. The predicted molar refractivity (Wildman–Crippen MR) is 115 cm³/mol. The normalized spacial score (nSPS) is 12.6. The number of likely N-dealkylation sites (N-methyl/N-ethyl adjacent to an activating group) is 1. The predicted octanol–water partition coefficient (Wildman–Crippen LogP) is 2.18. The highest BCUT2D eigenvalue weighted by molar-refractivity contribution is 7.85. The zero-order valence-electron chi connectivity index (χ0n) is 17.4. The molecular formula is C20H25N5O6S. The number of carbonyl (C=O) groups excluding carboxylic acids is 1. The molecule has 0 fully saturated rings. The quantitative estimate of drug-likeness (QED) is 0.211. The molecule has 1 atom stereocenters. The third-order valence-corrected chi connectivity index (χ3v) is 5.48. The molecule has 0 saturated carbocycles. The maximum absolute atomic E-state index is 12.2. The molecule has 4 N–H and O–H groups in total. The average molecular weight is 464 g/mol. The van der Waals surface area contributed by atoms with Crippen LogP contribution in [-0.4, -0.2) is 54.6 Å². The molecule has 0 bridgehead atoms. The number of aromatic nitrogens is 1. The second kappa shape index (κ2) is 12.0. The maximum atomic E-state index is 12.2. The molecule has 32 heavy (non-hydrogen) atoms. The van der Waals surface area contributed by atoms with Gasteiger partial charge in [0.15, 0.2) is 5.82 Å². The number of hydrogen-bond donors (Lipinski definition) is 4. The van der Waals surface area contributed by atoms with Crippen LogP contribution in [0.2, 0.25) is 0 Å². The minimum atomic E-state index is -4.36. The fourth-order valence-electron chi connectivity index (χ4n) is 2.82. The summed E-state index contributed by atoms with van der Waals surface area (Å²) in [6.07, 6.45) is 3.10. The van der Waals surface area contributed by atoms with Crippen molar-refractivity contribution in [1.82, 2.24) is 15.6 Å². The van der Waals surface area contributed by atoms with E-state index in [1.165, 1.54) is 36.5 Å². The molecule has 0 radical (unpaired) electrons. The van der Waals surface area contributed by atoms with E-state index in [9.17, 15) is 22.6 Å². The van der Waals surface area contributed by atoms with Crippen LogP contribution < -0.4 is 10.6 Å². The SMILES string of the molecule is CN[C@@H](CCCCNC(=O)c1ccc(N=NCc2ccccc2S(=O)(=O)O)nc1)C(=O)O. The second-order valence-electron chi connectivity index (χ2n) is 6.82. The van der Waals surface area contributed by atoms with Gasteiger partial charge in [-0.25, -0.2) is 4.98 Å². The van der Waals surface area contributed by atoms with Crippen molar-refractivity contribution >= 4 is 27.8 Å². The van der Waals surface area contributed by atoms with Gasteiger partial charge in [0.2, 0.25) is 0 Å². The largest absolute Gasteiger partial charge is 0.480 e. The smallest absolute Gasteiger partial charge is 0.320 e. The number of carboxylic acids is 1. The number of aliphatic carboxylic acids is 1. The summed E-state index contributed by atoms with van der Waals surface area (Å²) in [6.45, 7) is 0.333. The summed E-state index contributed by atoms with van der Waals surface area (Å²) in [5, 5.41) is 22.2. The average Bonchev–Trinajstić information content (AvgIpc) is 2.76. The van der Waals surface area contributed by atoms with Crippen LogP contribution in [0.3, 0.4) is 0 Å². The topological polar surface area (TPSA) is 170 Å². The highest BCUT2D eigenvalue weighted by atomic mass is 32.2. The van der Waals surface area contributed by atoms with Gasteiger partial charge >= 0.3 is 5.97 Å². The molecule has 1 heterocycles. The van der Waals surface area contributed by atoms with E-state index in [0.717, 1.165) is 0 Å². The van der Waals surface area contributed by atoms with Crippen LogP contribution >= 0.6 is 0 Å². The van der Waals surface area contributed by atoms with E-state index < -0.39 is 22.1 Å². The Morgan fingerprint density at radius 1 is 1.16 bits per heavy atom. The number of carbonyl (C=O) groups is 2. The van der Waals surface area contributed by atoms with Gasteiger partial charge in [-0.3, -0.25) is 14.1 Å². The summed E-state index contributed by atoms with van der Waals surface area (Å²) >= 11 is 0. The van der Waals surface area contributed by atoms with Crippen molar-refractivity contribution in [3.63, 3.8) is 0 Å². The van der Waals surface area contributed by atoms with Crippen LogP contribution in [0.5, 0.6) is 0 Å². The lowest BCUT2D eigenvalue weighted by Crippen LogP contribution is -2.33. The molecule has 1 aromatic heterocycles. The van der Waals surface area contributed by atoms with Gasteiger partial charge in [0, 0.05) is 12.7 Å². The summed E-state index contributed by atoms with van der Waals surface area (Å²) in [5.74, 6) is -0.980. The van der Waals surface area contributed by atoms with Crippen LogP contribution in [0, 0.1) is 0 Å². The second-order valence-corrected chi connectivity index (χ2v) is 8.21. The van der Waals surface area contributed by atoms with Crippen LogP contribution in [0.25, 0.3) is 0 Å². The highest BCUT2D eigenvalue weighted by Crippen LogP contribution is 2.17. The van der Waals surface area contributed by atoms with E-state index in [0.29, 0.717) is 36.9 Å². The van der Waals surface area contributed by atoms with Gasteiger partial charge < -0.3 is 15.7 Å². The van der Waals surface area contributed by atoms with Gasteiger partial charge in [-0.05, 0) is 50.1 Å². The van der Waals surface area contributed by atoms with Gasteiger partial charge in [-0.2, -0.15) is 13.5 Å². The lowest BCUT2D eigenvalue weighted by atomic mass is 10.1. The Morgan fingerprint density at radius 2 is 1.91 bits per heavy atom. The summed E-state index contributed by atoms with van der Waals surface area (Å²) in [4.78, 5) is 26.9. The summed E-state index contributed by atoms with van der Waals surface area (Å²) < 4.78 is 32.0. The van der Waals surface area contributed by atoms with Crippen LogP contribution in [0.1, 0.15) is 35.2 Å². The molecule has 1 aromatic carbocycles. The molecule has 11 nitrogen and oxygen atoms in total. The first-order valence-electron chi connectivity index (χ1n) is 9.79. The Balaban J connectivity index is 1.83. The number of benzene rings is 1. The lowest BCUT2D eigenvalue weighted by Gasteiger charge is -2.10. The number of pyridine rings is 1. The van der Waals surface area contributed by atoms with Crippen LogP contribution in [0.15, 0.2) is 57.7 Å². The van der Waals surface area contributed by atoms with Crippen molar-refractivity contribution in [3.05, 3.63) is 53.7 Å². The molecule has 0 spiro atoms. The number of rotatable bonds is 12. The van der Waals surface area contributed by atoms with Crippen molar-refractivity contribution in [2.24, 2.45) is 10.2 Å². The van der Waals surface area contributed by atoms with Crippen molar-refractivity contribution in [1.29, 1.82) is 0 Å². The summed E-state index contributed by atoms with van der Waals surface area (Å²) in [5.41, 5.74) is 0.624. The molecule has 172 valence electrons. The Morgan fingerprint density at radius 3 is 2.53 bits per heavy atom. The third-order valence-electron chi connectivity index (χ3n) is 4.53. The van der Waals surface area contributed by atoms with E-state index in [1.807, 2.05) is 0 Å². The number of nitrogens with one attached hydrogen (secondary N) is 2. The number of unbranched alkanes of at least 4 members (excludes halogenated alkanes) is 1. The third kappa shape index (κ3) is 7.80. The van der Waals surface area contributed by atoms with Crippen molar-refractivity contribution < 1.29 is 27.7 Å². The van der Waals surface area contributed by atoms with Crippen LogP contribution in [-0.2, 0) is 21.5 Å². The Hall–Kier alpha value is -3.22. The van der Waals surface area contributed by atoms with E-state index in [1.54, 1.807) is 13.1 Å². The first-order valence-corrected chi connectivity index (χ1v) is 11.2. The van der Waals surface area contributed by atoms with Gasteiger partial charge in [-0.1, -0.05) is 18.2 Å². The molecule has 2 rings (SSSR count). The lowest BCUT2D eigenvalue weighted by molar-refractivity contribution is -0.139. The first kappa shape index (κ1) is 25.0. The van der Waals surface area contributed by atoms with E-state index in [2.05, 4.69) is 25.8 Å². The highest BCUT2D eigenvalue weighted by Gasteiger charge is 2.15. The van der Waals surface area contributed by atoms with E-state index in [4.69, 9.17) is 5.11 Å². The minimum Gasteiger partial charge on any atom is -0.480 e. The Bertz CT molecular complexity index is 1060. The number of nitrogens with zero attached hydrogens (tertiary/aromatic N) is 3. The minimum absolute atomic E-state index is 0.0732. The molecule has 0 saturated heterocycles. The van der Waals surface area contributed by atoms with Crippen molar-refractivity contribution in [2.45, 2.75) is 36.7 Å². The molecule has 12 heteroatoms. The fourth-order valence-corrected chi connectivity index (χ4v) is 3.53. The standard InChI is InChI=1S/C20H25N5O6S/c1-21-16(20(27)28)7-4-5-11-22-19(26)15-9-10-18(23-12-15)25-24-13-14-6-2-3-8-17(14)32(29,30)31/h2-3,6,8-10,12,16,21H,4-5,7,11,13H2,1H3,(H,22,26)(H,27,28)(H,29,30,31)/t16-/m0/s1. The summed E-state index contributed by atoms with van der Waals surface area (Å²) in [7, 11) is -2.76. The molecule has 0 aliphatic heterocycles. The van der Waals surface area contributed by atoms with Crippen molar-refractivity contribution in [2.75, 3.05) is 13.6 Å². The van der Waals surface area contributed by atoms with Gasteiger partial charge in [0.05, 0.1) is 17.0 Å². The molecule has 2 aromatic rings. The maximum Gasteiger partial charge on any atom is 0.320 e. The van der Waals surface area contributed by atoms with Crippen molar-refractivity contribution in [3.8, 4) is 0 Å². The monoisotopic (exact) mass is 463 g/mol. The zero-order chi connectivity index (χ0) is 23.6.